The average Bonchev–Trinajstić information content (AvgIpc) is 3.17. The van der Waals surface area contributed by atoms with E-state index in [9.17, 15) is 9.59 Å². The summed E-state index contributed by atoms with van der Waals surface area (Å²) in [6.45, 7) is 8.30. The van der Waals surface area contributed by atoms with Crippen LogP contribution in [0.25, 0.3) is 0 Å². The number of amides is 2. The van der Waals surface area contributed by atoms with Crippen LogP contribution in [0.4, 0.5) is 5.69 Å². The Balaban J connectivity index is 1.65. The highest BCUT2D eigenvalue weighted by molar-refractivity contribution is 7.99. The summed E-state index contributed by atoms with van der Waals surface area (Å²) in [4.78, 5) is 25.1. The van der Waals surface area contributed by atoms with Gasteiger partial charge in [0.25, 0.3) is 5.91 Å². The zero-order valence-corrected chi connectivity index (χ0v) is 21.1. The Hall–Kier alpha value is -2.55. The fourth-order valence-corrected chi connectivity index (χ4v) is 4.53. The maximum absolute atomic E-state index is 12.7. The van der Waals surface area contributed by atoms with Crippen LogP contribution in [0.5, 0.6) is 0 Å². The number of carbonyl (C=O) groups excluding carboxylic acids is 2. The molecule has 0 bridgehead atoms. The number of nitrogens with zero attached hydrogens (tertiary/aromatic N) is 3. The molecule has 174 valence electrons. The number of benzene rings is 2. The number of nitrogens with one attached hydrogen (secondary N) is 2. The molecule has 0 unspecified atom stereocenters. The van der Waals surface area contributed by atoms with Gasteiger partial charge in [-0.3, -0.25) is 9.59 Å². The number of thioether (sulfide) groups is 1. The van der Waals surface area contributed by atoms with Gasteiger partial charge in [-0.1, -0.05) is 47.1 Å². The third-order valence-electron chi connectivity index (χ3n) is 4.97. The molecule has 0 aliphatic carbocycles. The molecule has 1 heterocycles. The first-order valence-corrected chi connectivity index (χ1v) is 12.1. The van der Waals surface area contributed by atoms with Crippen LogP contribution < -0.4 is 10.6 Å². The minimum absolute atomic E-state index is 0.125. The minimum atomic E-state index is -0.421. The molecule has 0 radical (unpaired) electrons. The highest BCUT2D eigenvalue weighted by Crippen LogP contribution is 2.24. The van der Waals surface area contributed by atoms with Crippen LogP contribution in [0.1, 0.15) is 47.2 Å². The second-order valence-electron chi connectivity index (χ2n) is 7.56. The molecule has 1 aromatic heterocycles. The topological polar surface area (TPSA) is 88.9 Å². The number of carbonyl (C=O) groups is 2. The van der Waals surface area contributed by atoms with E-state index < -0.39 is 6.04 Å². The summed E-state index contributed by atoms with van der Waals surface area (Å²) in [5.74, 6) is 0.317. The molecule has 33 heavy (non-hydrogen) atoms. The normalized spacial score (nSPS) is 11.8. The van der Waals surface area contributed by atoms with Gasteiger partial charge in [0.1, 0.15) is 0 Å². The van der Waals surface area contributed by atoms with Crippen molar-refractivity contribution in [1.29, 1.82) is 0 Å². The Labute approximate surface area is 207 Å². The van der Waals surface area contributed by atoms with E-state index in [-0.39, 0.29) is 22.6 Å². The molecule has 7 nitrogen and oxygen atoms in total. The summed E-state index contributed by atoms with van der Waals surface area (Å²) < 4.78 is 1.88. The average molecular weight is 506 g/mol. The second kappa shape index (κ2) is 11.0. The molecule has 10 heteroatoms. The Morgan fingerprint density at radius 2 is 1.88 bits per heavy atom. The van der Waals surface area contributed by atoms with Gasteiger partial charge in [-0.05, 0) is 63.1 Å². The molecule has 3 rings (SSSR count). The van der Waals surface area contributed by atoms with Crippen LogP contribution in [-0.4, -0.2) is 32.3 Å². The van der Waals surface area contributed by atoms with Crippen LogP contribution in [0.3, 0.4) is 0 Å². The van der Waals surface area contributed by atoms with Crippen LogP contribution in [0.15, 0.2) is 41.6 Å². The van der Waals surface area contributed by atoms with Crippen LogP contribution in [0.2, 0.25) is 10.0 Å². The third-order valence-corrected chi connectivity index (χ3v) is 6.49. The summed E-state index contributed by atoms with van der Waals surface area (Å²) in [6, 6.07) is 10.2. The molecule has 0 fully saturated rings. The Morgan fingerprint density at radius 3 is 2.58 bits per heavy atom. The van der Waals surface area contributed by atoms with Crippen molar-refractivity contribution in [2.75, 3.05) is 11.1 Å². The van der Waals surface area contributed by atoms with Crippen molar-refractivity contribution in [1.82, 2.24) is 20.1 Å². The first-order valence-electron chi connectivity index (χ1n) is 10.4. The number of aromatic nitrogens is 3. The van der Waals surface area contributed by atoms with E-state index in [2.05, 4.69) is 20.8 Å². The van der Waals surface area contributed by atoms with Gasteiger partial charge in [-0.15, -0.1) is 10.2 Å². The van der Waals surface area contributed by atoms with Gasteiger partial charge in [0, 0.05) is 17.3 Å². The first kappa shape index (κ1) is 25.1. The van der Waals surface area contributed by atoms with Gasteiger partial charge in [-0.2, -0.15) is 0 Å². The predicted molar refractivity (Wildman–Crippen MR) is 133 cm³/mol. The van der Waals surface area contributed by atoms with E-state index in [0.29, 0.717) is 28.1 Å². The van der Waals surface area contributed by atoms with E-state index in [1.54, 1.807) is 12.1 Å². The van der Waals surface area contributed by atoms with E-state index in [1.165, 1.54) is 17.8 Å². The molecule has 0 saturated carbocycles. The monoisotopic (exact) mass is 505 g/mol. The van der Waals surface area contributed by atoms with Gasteiger partial charge >= 0.3 is 0 Å². The van der Waals surface area contributed by atoms with Gasteiger partial charge in [0.2, 0.25) is 5.91 Å². The maximum Gasteiger partial charge on any atom is 0.253 e. The smallest absolute Gasteiger partial charge is 0.253 e. The number of hydrogen-bond donors (Lipinski definition) is 2. The lowest BCUT2D eigenvalue weighted by molar-refractivity contribution is -0.113. The zero-order valence-electron chi connectivity index (χ0n) is 18.8. The van der Waals surface area contributed by atoms with Crippen LogP contribution in [-0.2, 0) is 11.3 Å². The molecule has 0 spiro atoms. The summed E-state index contributed by atoms with van der Waals surface area (Å²) >= 11 is 13.3. The maximum atomic E-state index is 12.7. The van der Waals surface area contributed by atoms with Gasteiger partial charge in [-0.25, -0.2) is 0 Å². The molecule has 1 atom stereocenters. The highest BCUT2D eigenvalue weighted by Gasteiger charge is 2.21. The molecule has 0 saturated heterocycles. The summed E-state index contributed by atoms with van der Waals surface area (Å²) in [7, 11) is 0. The lowest BCUT2D eigenvalue weighted by Crippen LogP contribution is -2.29. The Bertz CT molecular complexity index is 1180. The fraction of sp³-hybridized carbons (Fsp3) is 0.304. The number of rotatable bonds is 8. The molecular weight excluding hydrogens is 481 g/mol. The molecule has 2 N–H and O–H groups in total. The van der Waals surface area contributed by atoms with Crippen molar-refractivity contribution < 1.29 is 9.59 Å². The van der Waals surface area contributed by atoms with Crippen molar-refractivity contribution in [2.24, 2.45) is 0 Å². The molecule has 2 amide bonds. The van der Waals surface area contributed by atoms with Crippen molar-refractivity contribution >= 4 is 52.5 Å². The largest absolute Gasteiger partial charge is 0.342 e. The van der Waals surface area contributed by atoms with Crippen molar-refractivity contribution in [2.45, 2.75) is 45.4 Å². The van der Waals surface area contributed by atoms with Crippen molar-refractivity contribution in [3.8, 4) is 0 Å². The van der Waals surface area contributed by atoms with Gasteiger partial charge in [0.05, 0.1) is 22.4 Å². The van der Waals surface area contributed by atoms with Crippen molar-refractivity contribution in [3.05, 3.63) is 69.0 Å². The van der Waals surface area contributed by atoms with E-state index >= 15 is 0 Å². The number of aryl methyl sites for hydroxylation is 2. The summed E-state index contributed by atoms with van der Waals surface area (Å²) in [6.07, 6.45) is 0. The first-order chi connectivity index (χ1) is 15.7. The SMILES string of the molecule is CCn1c(SCC(=O)Nc2cc(C)ccc2C)nnc1[C@H](C)NC(=O)c1ccc(Cl)cc1Cl. The van der Waals surface area contributed by atoms with Crippen molar-refractivity contribution in [3.63, 3.8) is 0 Å². The molecule has 0 aliphatic rings. The number of anilines is 1. The number of halogens is 2. The molecular formula is C23H25Cl2N5O2S. The molecule has 0 aliphatic heterocycles. The zero-order chi connectivity index (χ0) is 24.1. The van der Waals surface area contributed by atoms with E-state index in [1.807, 2.05) is 50.5 Å². The second-order valence-corrected chi connectivity index (χ2v) is 9.35. The molecule has 2 aromatic carbocycles. The van der Waals surface area contributed by atoms with Gasteiger partial charge in [0.15, 0.2) is 11.0 Å². The molecule has 3 aromatic rings. The Morgan fingerprint density at radius 1 is 1.12 bits per heavy atom. The standard InChI is InChI=1S/C23H25Cl2N5O2S/c1-5-30-21(15(4)26-22(32)17-9-8-16(24)11-18(17)25)28-29-23(30)33-12-20(31)27-19-10-13(2)6-7-14(19)3/h6-11,15H,5,12H2,1-4H3,(H,26,32)(H,27,31)/t15-/m0/s1. The van der Waals surface area contributed by atoms with Crippen LogP contribution >= 0.6 is 35.0 Å². The van der Waals surface area contributed by atoms with Gasteiger partial charge < -0.3 is 15.2 Å². The predicted octanol–water partition coefficient (Wildman–Crippen LogP) is 5.44. The van der Waals surface area contributed by atoms with E-state index in [4.69, 9.17) is 23.2 Å². The van der Waals surface area contributed by atoms with Crippen LogP contribution in [0, 0.1) is 13.8 Å². The lowest BCUT2D eigenvalue weighted by Gasteiger charge is -2.15. The minimum Gasteiger partial charge on any atom is -0.342 e. The summed E-state index contributed by atoms with van der Waals surface area (Å²) in [5.41, 5.74) is 3.21. The fourth-order valence-electron chi connectivity index (χ4n) is 3.22. The Kier molecular flexibility index (Phi) is 8.40. The highest BCUT2D eigenvalue weighted by atomic mass is 35.5. The lowest BCUT2D eigenvalue weighted by atomic mass is 10.1. The van der Waals surface area contributed by atoms with E-state index in [0.717, 1.165) is 16.8 Å². The third kappa shape index (κ3) is 6.28. The quantitative estimate of drug-likeness (QED) is 0.397. The number of hydrogen-bond acceptors (Lipinski definition) is 5. The summed E-state index contributed by atoms with van der Waals surface area (Å²) in [5, 5.41) is 15.7.